The second-order valence-corrected chi connectivity index (χ2v) is 8.17. The monoisotopic (exact) mass is 481 g/mol. The summed E-state index contributed by atoms with van der Waals surface area (Å²) in [6.07, 6.45) is 1.73. The summed E-state index contributed by atoms with van der Waals surface area (Å²) in [6.45, 7) is 0.389. The molecule has 0 amide bonds. The Hall–Kier alpha value is -3.03. The minimum absolute atomic E-state index is 0.252. The van der Waals surface area contributed by atoms with Crippen LogP contribution >= 0.6 is 27.3 Å². The fourth-order valence-electron chi connectivity index (χ4n) is 2.64. The van der Waals surface area contributed by atoms with Crippen LogP contribution in [-0.2, 0) is 6.61 Å². The van der Waals surface area contributed by atoms with Crippen LogP contribution in [0.2, 0.25) is 0 Å². The summed E-state index contributed by atoms with van der Waals surface area (Å²) < 4.78 is 19.7. The van der Waals surface area contributed by atoms with Gasteiger partial charge in [0.05, 0.1) is 11.9 Å². The van der Waals surface area contributed by atoms with Gasteiger partial charge in [-0.3, -0.25) is 5.43 Å². The molecular weight excluding hydrogens is 465 g/mol. The van der Waals surface area contributed by atoms with Gasteiger partial charge in [-0.2, -0.15) is 5.10 Å². The van der Waals surface area contributed by atoms with Crippen LogP contribution in [0.5, 0.6) is 5.75 Å². The van der Waals surface area contributed by atoms with E-state index in [1.54, 1.807) is 18.3 Å². The predicted octanol–water partition coefficient (Wildman–Crippen LogP) is 6.74. The highest BCUT2D eigenvalue weighted by Gasteiger charge is 2.04. The van der Waals surface area contributed by atoms with Gasteiger partial charge in [0, 0.05) is 15.4 Å². The molecule has 4 nitrogen and oxygen atoms in total. The van der Waals surface area contributed by atoms with Crippen LogP contribution in [0.25, 0.3) is 11.3 Å². The number of hydrazone groups is 1. The molecule has 1 N–H and O–H groups in total. The Kier molecular flexibility index (Phi) is 6.51. The van der Waals surface area contributed by atoms with Gasteiger partial charge in [0.15, 0.2) is 0 Å². The zero-order valence-electron chi connectivity index (χ0n) is 15.8. The van der Waals surface area contributed by atoms with E-state index in [0.29, 0.717) is 6.61 Å². The van der Waals surface area contributed by atoms with Crippen molar-refractivity contribution in [1.82, 2.24) is 4.98 Å². The highest BCUT2D eigenvalue weighted by atomic mass is 79.9. The molecule has 4 aromatic rings. The summed E-state index contributed by atoms with van der Waals surface area (Å²) in [5.41, 5.74) is 6.78. The molecule has 0 saturated carbocycles. The van der Waals surface area contributed by atoms with E-state index in [4.69, 9.17) is 4.74 Å². The molecule has 0 aliphatic heterocycles. The number of thiazole rings is 1. The molecule has 0 atom stereocenters. The van der Waals surface area contributed by atoms with E-state index in [1.165, 1.54) is 23.5 Å². The average molecular weight is 482 g/mol. The maximum atomic E-state index is 12.9. The summed E-state index contributed by atoms with van der Waals surface area (Å²) in [5, 5.41) is 6.97. The van der Waals surface area contributed by atoms with Crippen LogP contribution < -0.4 is 10.2 Å². The van der Waals surface area contributed by atoms with Crippen LogP contribution in [0.4, 0.5) is 9.52 Å². The smallest absolute Gasteiger partial charge is 0.203 e. The van der Waals surface area contributed by atoms with Crippen molar-refractivity contribution in [2.75, 3.05) is 5.43 Å². The van der Waals surface area contributed by atoms with Crippen molar-refractivity contribution in [3.8, 4) is 17.0 Å². The Morgan fingerprint density at radius 1 is 1.00 bits per heavy atom. The Balaban J connectivity index is 1.30. The Bertz CT molecular complexity index is 1130. The number of aromatic nitrogens is 1. The quantitative estimate of drug-likeness (QED) is 0.235. The molecule has 0 saturated heterocycles. The minimum Gasteiger partial charge on any atom is -0.489 e. The summed E-state index contributed by atoms with van der Waals surface area (Å²) in [7, 11) is 0. The Labute approximate surface area is 186 Å². The van der Waals surface area contributed by atoms with Gasteiger partial charge in [-0.05, 0) is 59.7 Å². The van der Waals surface area contributed by atoms with Crippen LogP contribution in [0.1, 0.15) is 11.1 Å². The van der Waals surface area contributed by atoms with Crippen LogP contribution in [0.3, 0.4) is 0 Å². The number of hydrogen-bond donors (Lipinski definition) is 1. The fraction of sp³-hybridized carbons (Fsp3) is 0.0435. The van der Waals surface area contributed by atoms with E-state index >= 15 is 0 Å². The molecule has 30 heavy (non-hydrogen) atoms. The number of ether oxygens (including phenoxy) is 1. The lowest BCUT2D eigenvalue weighted by Gasteiger charge is -2.06. The standard InChI is InChI=1S/C23H17BrFN3OS/c24-19-7-5-18(6-8-19)22-15-30-23(27-22)28-26-13-16-3-11-21(12-4-16)29-14-17-1-9-20(25)10-2-17/h1-13,15H,14H2,(H,27,28)/b26-13-. The van der Waals surface area contributed by atoms with Crippen molar-refractivity contribution >= 4 is 38.6 Å². The van der Waals surface area contributed by atoms with Gasteiger partial charge in [-0.1, -0.05) is 40.2 Å². The number of rotatable bonds is 7. The SMILES string of the molecule is Fc1ccc(COc2ccc(/C=N\Nc3nc(-c4ccc(Br)cc4)cs3)cc2)cc1. The fourth-order valence-corrected chi connectivity index (χ4v) is 3.57. The molecule has 0 spiro atoms. The number of benzene rings is 3. The maximum Gasteiger partial charge on any atom is 0.203 e. The molecular formula is C23H17BrFN3OS. The lowest BCUT2D eigenvalue weighted by Crippen LogP contribution is -1.96. The van der Waals surface area contributed by atoms with Crippen molar-refractivity contribution in [2.24, 2.45) is 5.10 Å². The average Bonchev–Trinajstić information content (AvgIpc) is 3.24. The van der Waals surface area contributed by atoms with Crippen molar-refractivity contribution in [2.45, 2.75) is 6.61 Å². The van der Waals surface area contributed by atoms with E-state index < -0.39 is 0 Å². The molecule has 0 bridgehead atoms. The summed E-state index contributed by atoms with van der Waals surface area (Å²) >= 11 is 4.94. The van der Waals surface area contributed by atoms with E-state index in [9.17, 15) is 4.39 Å². The maximum absolute atomic E-state index is 12.9. The third kappa shape index (κ3) is 5.52. The van der Waals surface area contributed by atoms with Gasteiger partial charge in [-0.15, -0.1) is 11.3 Å². The van der Waals surface area contributed by atoms with E-state index in [-0.39, 0.29) is 5.82 Å². The first-order valence-electron chi connectivity index (χ1n) is 9.13. The summed E-state index contributed by atoms with van der Waals surface area (Å²) in [6, 6.07) is 21.9. The van der Waals surface area contributed by atoms with Gasteiger partial charge < -0.3 is 4.74 Å². The zero-order valence-corrected chi connectivity index (χ0v) is 18.2. The Morgan fingerprint density at radius 2 is 1.73 bits per heavy atom. The van der Waals surface area contributed by atoms with E-state index in [2.05, 4.69) is 31.4 Å². The molecule has 150 valence electrons. The first-order valence-corrected chi connectivity index (χ1v) is 10.8. The number of halogens is 2. The van der Waals surface area contributed by atoms with Crippen molar-refractivity contribution < 1.29 is 9.13 Å². The van der Waals surface area contributed by atoms with Crippen molar-refractivity contribution in [3.63, 3.8) is 0 Å². The first-order chi connectivity index (χ1) is 14.7. The molecule has 3 aromatic carbocycles. The molecule has 1 heterocycles. The zero-order chi connectivity index (χ0) is 20.8. The molecule has 0 unspecified atom stereocenters. The van der Waals surface area contributed by atoms with E-state index in [1.807, 2.05) is 53.9 Å². The van der Waals surface area contributed by atoms with Crippen LogP contribution in [0.15, 0.2) is 87.8 Å². The molecule has 0 fully saturated rings. The van der Waals surface area contributed by atoms with Crippen LogP contribution in [-0.4, -0.2) is 11.2 Å². The highest BCUT2D eigenvalue weighted by Crippen LogP contribution is 2.26. The second-order valence-electron chi connectivity index (χ2n) is 6.40. The molecule has 0 aliphatic rings. The lowest BCUT2D eigenvalue weighted by atomic mass is 10.2. The third-order valence-electron chi connectivity index (χ3n) is 4.22. The Morgan fingerprint density at radius 3 is 2.47 bits per heavy atom. The molecule has 0 aliphatic carbocycles. The highest BCUT2D eigenvalue weighted by molar-refractivity contribution is 9.10. The number of nitrogens with one attached hydrogen (secondary N) is 1. The van der Waals surface area contributed by atoms with Crippen molar-refractivity contribution in [1.29, 1.82) is 0 Å². The van der Waals surface area contributed by atoms with Crippen LogP contribution in [0, 0.1) is 5.82 Å². The predicted molar refractivity (Wildman–Crippen MR) is 124 cm³/mol. The first kappa shape index (κ1) is 20.3. The second kappa shape index (κ2) is 9.65. The molecule has 1 aromatic heterocycles. The van der Waals surface area contributed by atoms with Gasteiger partial charge in [-0.25, -0.2) is 9.37 Å². The summed E-state index contributed by atoms with van der Waals surface area (Å²) in [4.78, 5) is 4.55. The largest absolute Gasteiger partial charge is 0.489 e. The molecule has 4 rings (SSSR count). The lowest BCUT2D eigenvalue weighted by molar-refractivity contribution is 0.306. The number of anilines is 1. The van der Waals surface area contributed by atoms with Crippen molar-refractivity contribution in [3.05, 3.63) is 99.6 Å². The van der Waals surface area contributed by atoms with Gasteiger partial charge >= 0.3 is 0 Å². The van der Waals surface area contributed by atoms with Gasteiger partial charge in [0.2, 0.25) is 5.13 Å². The van der Waals surface area contributed by atoms with Gasteiger partial charge in [0.25, 0.3) is 0 Å². The topological polar surface area (TPSA) is 46.5 Å². The van der Waals surface area contributed by atoms with E-state index in [0.717, 1.165) is 37.7 Å². The number of nitrogens with zero attached hydrogens (tertiary/aromatic N) is 2. The summed E-state index contributed by atoms with van der Waals surface area (Å²) in [5.74, 6) is 0.488. The minimum atomic E-state index is -0.252. The number of hydrogen-bond acceptors (Lipinski definition) is 5. The molecule has 0 radical (unpaired) electrons. The third-order valence-corrected chi connectivity index (χ3v) is 5.49. The normalized spacial score (nSPS) is 11.0. The van der Waals surface area contributed by atoms with Gasteiger partial charge in [0.1, 0.15) is 18.2 Å². The molecule has 7 heteroatoms.